The van der Waals surface area contributed by atoms with Gasteiger partial charge in [0.15, 0.2) is 0 Å². The maximum absolute atomic E-state index is 14.0. The second-order valence-electron chi connectivity index (χ2n) is 9.01. The first kappa shape index (κ1) is 25.2. The highest BCUT2D eigenvalue weighted by Gasteiger charge is 2.35. The van der Waals surface area contributed by atoms with E-state index in [9.17, 15) is 14.0 Å². The molecule has 2 heterocycles. The lowest BCUT2D eigenvalue weighted by Crippen LogP contribution is -2.51. The van der Waals surface area contributed by atoms with Crippen molar-refractivity contribution in [2.45, 2.75) is 45.3 Å². The number of aromatic nitrogens is 4. The molecular weight excluding hydrogens is 483 g/mol. The van der Waals surface area contributed by atoms with Gasteiger partial charge in [-0.2, -0.15) is 0 Å². The molecular formula is C26H26ClFN6O2. The Kier molecular flexibility index (Phi) is 7.30. The van der Waals surface area contributed by atoms with Gasteiger partial charge in [0.25, 0.3) is 0 Å². The average Bonchev–Trinajstić information content (AvgIpc) is 3.27. The minimum atomic E-state index is -1.08. The van der Waals surface area contributed by atoms with Crippen LogP contribution in [-0.4, -0.2) is 37.3 Å². The fourth-order valence-electron chi connectivity index (χ4n) is 3.76. The van der Waals surface area contributed by atoms with Crippen LogP contribution >= 0.6 is 11.6 Å². The van der Waals surface area contributed by atoms with Crippen LogP contribution < -0.4 is 10.2 Å². The molecule has 1 atom stereocenters. The Bertz CT molecular complexity index is 1390. The van der Waals surface area contributed by atoms with Crippen molar-refractivity contribution in [1.82, 2.24) is 25.3 Å². The van der Waals surface area contributed by atoms with E-state index >= 15 is 0 Å². The summed E-state index contributed by atoms with van der Waals surface area (Å²) in [4.78, 5) is 33.0. The van der Waals surface area contributed by atoms with E-state index in [2.05, 4.69) is 20.6 Å². The van der Waals surface area contributed by atoms with Gasteiger partial charge in [-0.3, -0.25) is 19.5 Å². The number of fused-ring (bicyclic) bond motifs is 1. The third-order valence-corrected chi connectivity index (χ3v) is 6.32. The fourth-order valence-corrected chi connectivity index (χ4v) is 3.94. The molecule has 2 amide bonds. The molecule has 0 saturated carbocycles. The number of para-hydroxylation sites is 1. The number of hydrogen-bond donors (Lipinski definition) is 1. The molecule has 4 aromatic rings. The van der Waals surface area contributed by atoms with E-state index in [0.29, 0.717) is 23.0 Å². The maximum Gasteiger partial charge on any atom is 0.249 e. The fraction of sp³-hybridized carbons (Fsp3) is 0.269. The number of anilines is 1. The molecule has 8 nitrogen and oxygen atoms in total. The molecule has 0 aliphatic rings. The maximum atomic E-state index is 14.0. The number of carbonyl (C=O) groups excluding carboxylic acids is 2. The zero-order chi connectivity index (χ0) is 25.9. The van der Waals surface area contributed by atoms with Crippen LogP contribution in [0.1, 0.15) is 38.8 Å². The van der Waals surface area contributed by atoms with Crippen LogP contribution in [0.5, 0.6) is 0 Å². The van der Waals surface area contributed by atoms with Crippen LogP contribution in [0.4, 0.5) is 10.1 Å². The van der Waals surface area contributed by atoms with Crippen LogP contribution in [0, 0.1) is 5.82 Å². The van der Waals surface area contributed by atoms with E-state index in [4.69, 9.17) is 11.6 Å². The predicted octanol–water partition coefficient (Wildman–Crippen LogP) is 4.70. The van der Waals surface area contributed by atoms with Crippen molar-refractivity contribution in [2.75, 3.05) is 4.90 Å². The minimum absolute atomic E-state index is 0.167. The van der Waals surface area contributed by atoms with Gasteiger partial charge in [-0.25, -0.2) is 9.07 Å². The monoisotopic (exact) mass is 508 g/mol. The number of nitrogens with zero attached hydrogens (tertiary/aromatic N) is 5. The molecule has 4 rings (SSSR count). The van der Waals surface area contributed by atoms with Gasteiger partial charge in [-0.05, 0) is 68.3 Å². The molecule has 186 valence electrons. The molecule has 0 unspecified atom stereocenters. The molecule has 0 aliphatic heterocycles. The van der Waals surface area contributed by atoms with Crippen molar-refractivity contribution in [3.8, 4) is 0 Å². The molecule has 10 heteroatoms. The largest absolute Gasteiger partial charge is 0.349 e. The van der Waals surface area contributed by atoms with Gasteiger partial charge in [-0.1, -0.05) is 35.9 Å². The lowest BCUT2D eigenvalue weighted by Gasteiger charge is -2.34. The number of amides is 2. The summed E-state index contributed by atoms with van der Waals surface area (Å²) in [5.41, 5.74) is 1.57. The second-order valence-corrected chi connectivity index (χ2v) is 9.41. The SMILES string of the molecule is CCC(C)(C)NC(=O)[C@@H](c1ccncc1)N(C(=O)Cn1nnc2ccccc21)c1ccc(F)c(Cl)c1. The summed E-state index contributed by atoms with van der Waals surface area (Å²) in [6, 6.07) is 13.4. The zero-order valence-electron chi connectivity index (χ0n) is 20.2. The smallest absolute Gasteiger partial charge is 0.249 e. The van der Waals surface area contributed by atoms with E-state index < -0.39 is 29.2 Å². The molecule has 0 fully saturated rings. The van der Waals surface area contributed by atoms with E-state index in [1.165, 1.54) is 27.8 Å². The zero-order valence-corrected chi connectivity index (χ0v) is 20.9. The molecule has 2 aromatic heterocycles. The molecule has 0 saturated heterocycles. The third-order valence-electron chi connectivity index (χ3n) is 6.03. The number of pyridine rings is 1. The van der Waals surface area contributed by atoms with Crippen molar-refractivity contribution in [3.63, 3.8) is 0 Å². The van der Waals surface area contributed by atoms with Gasteiger partial charge in [0, 0.05) is 23.6 Å². The van der Waals surface area contributed by atoms with Crippen LogP contribution in [-0.2, 0) is 16.1 Å². The van der Waals surface area contributed by atoms with Crippen molar-refractivity contribution in [3.05, 3.63) is 83.4 Å². The number of halogens is 2. The highest BCUT2D eigenvalue weighted by molar-refractivity contribution is 6.31. The van der Waals surface area contributed by atoms with E-state index in [1.807, 2.05) is 32.9 Å². The Hall–Kier alpha value is -3.85. The topological polar surface area (TPSA) is 93.0 Å². The van der Waals surface area contributed by atoms with Crippen LogP contribution in [0.3, 0.4) is 0 Å². The lowest BCUT2D eigenvalue weighted by molar-refractivity contribution is -0.128. The quantitative estimate of drug-likeness (QED) is 0.372. The Morgan fingerprint density at radius 3 is 2.56 bits per heavy atom. The Labute approximate surface area is 213 Å². The van der Waals surface area contributed by atoms with Gasteiger partial charge >= 0.3 is 0 Å². The Morgan fingerprint density at radius 1 is 1.14 bits per heavy atom. The molecule has 0 aliphatic carbocycles. The second kappa shape index (κ2) is 10.4. The number of rotatable bonds is 8. The van der Waals surface area contributed by atoms with Crippen LogP contribution in [0.15, 0.2) is 67.0 Å². The summed E-state index contributed by atoms with van der Waals surface area (Å²) in [6.45, 7) is 5.55. The summed E-state index contributed by atoms with van der Waals surface area (Å²) < 4.78 is 15.5. The van der Waals surface area contributed by atoms with Crippen LogP contribution in [0.25, 0.3) is 11.0 Å². The predicted molar refractivity (Wildman–Crippen MR) is 136 cm³/mol. The van der Waals surface area contributed by atoms with Gasteiger partial charge < -0.3 is 5.32 Å². The number of hydrogen-bond acceptors (Lipinski definition) is 5. The first-order valence-corrected chi connectivity index (χ1v) is 11.9. The van der Waals surface area contributed by atoms with E-state index in [0.717, 1.165) is 0 Å². The van der Waals surface area contributed by atoms with E-state index in [-0.39, 0.29) is 17.3 Å². The Morgan fingerprint density at radius 2 is 1.86 bits per heavy atom. The van der Waals surface area contributed by atoms with Crippen molar-refractivity contribution >= 4 is 40.1 Å². The first-order valence-electron chi connectivity index (χ1n) is 11.5. The Balaban J connectivity index is 1.82. The number of benzene rings is 2. The molecule has 1 N–H and O–H groups in total. The van der Waals surface area contributed by atoms with Gasteiger partial charge in [0.2, 0.25) is 11.8 Å². The lowest BCUT2D eigenvalue weighted by atomic mass is 9.98. The van der Waals surface area contributed by atoms with Crippen molar-refractivity contribution in [1.29, 1.82) is 0 Å². The first-order chi connectivity index (χ1) is 17.2. The average molecular weight is 509 g/mol. The number of carbonyl (C=O) groups is 2. The summed E-state index contributed by atoms with van der Waals surface area (Å²) in [5.74, 6) is -1.49. The van der Waals surface area contributed by atoms with Crippen LogP contribution in [0.2, 0.25) is 5.02 Å². The standard InChI is InChI=1S/C26H26ClFN6O2/c1-4-26(2,3)30-25(36)24(17-11-13-29-14-12-17)34(18-9-10-20(28)19(27)15-18)23(35)16-33-22-8-6-5-7-21(22)31-32-33/h5-15,24H,4,16H2,1-3H3,(H,30,36)/t24-/m1/s1. The summed E-state index contributed by atoms with van der Waals surface area (Å²) in [6.07, 6.45) is 3.76. The number of nitrogens with one attached hydrogen (secondary N) is 1. The van der Waals surface area contributed by atoms with Gasteiger partial charge in [0.05, 0.1) is 10.5 Å². The summed E-state index contributed by atoms with van der Waals surface area (Å²) >= 11 is 6.09. The third kappa shape index (κ3) is 5.36. The van der Waals surface area contributed by atoms with E-state index in [1.54, 1.807) is 36.7 Å². The van der Waals surface area contributed by atoms with Crippen molar-refractivity contribution in [2.24, 2.45) is 0 Å². The molecule has 2 aromatic carbocycles. The van der Waals surface area contributed by atoms with Gasteiger partial charge in [-0.15, -0.1) is 5.10 Å². The molecule has 0 radical (unpaired) electrons. The normalized spacial score (nSPS) is 12.4. The summed E-state index contributed by atoms with van der Waals surface area (Å²) in [5, 5.41) is 11.1. The molecule has 0 spiro atoms. The van der Waals surface area contributed by atoms with Gasteiger partial charge in [0.1, 0.15) is 23.9 Å². The highest BCUT2D eigenvalue weighted by Crippen LogP contribution is 2.32. The minimum Gasteiger partial charge on any atom is -0.349 e. The summed E-state index contributed by atoms with van der Waals surface area (Å²) in [7, 11) is 0. The van der Waals surface area contributed by atoms with Crippen molar-refractivity contribution < 1.29 is 14.0 Å². The molecule has 36 heavy (non-hydrogen) atoms. The highest BCUT2D eigenvalue weighted by atomic mass is 35.5. The molecule has 0 bridgehead atoms.